The number of benzene rings is 2. The third-order valence-electron chi connectivity index (χ3n) is 4.26. The Morgan fingerprint density at radius 3 is 2.36 bits per heavy atom. The minimum atomic E-state index is -3.68. The minimum absolute atomic E-state index is 0.101. The Bertz CT molecular complexity index is 1020. The number of carbonyl (C=O) groups excluding carboxylic acids is 1. The van der Waals surface area contributed by atoms with E-state index in [-0.39, 0.29) is 23.4 Å². The summed E-state index contributed by atoms with van der Waals surface area (Å²) in [6.45, 7) is 2.04. The lowest BCUT2D eigenvalue weighted by molar-refractivity contribution is 0.0940. The molecule has 7 heteroatoms. The lowest BCUT2D eigenvalue weighted by Gasteiger charge is -2.14. The molecule has 1 amide bonds. The molecule has 0 aliphatic carbocycles. The van der Waals surface area contributed by atoms with Gasteiger partial charge in [0.25, 0.3) is 5.91 Å². The lowest BCUT2D eigenvalue weighted by Crippen LogP contribution is -2.27. The summed E-state index contributed by atoms with van der Waals surface area (Å²) in [5, 5.41) is 2.91. The first-order chi connectivity index (χ1) is 13.5. The first-order valence-electron chi connectivity index (χ1n) is 8.80. The normalized spacial score (nSPS) is 12.3. The molecule has 2 aromatic carbocycles. The van der Waals surface area contributed by atoms with E-state index in [1.165, 1.54) is 24.3 Å². The van der Waals surface area contributed by atoms with Crippen molar-refractivity contribution in [2.45, 2.75) is 24.4 Å². The smallest absolute Gasteiger partial charge is 0.251 e. The van der Waals surface area contributed by atoms with Gasteiger partial charge in [-0.1, -0.05) is 36.4 Å². The number of nitrogens with one attached hydrogen (secondary N) is 2. The van der Waals surface area contributed by atoms with Crippen LogP contribution < -0.4 is 10.0 Å². The number of pyridine rings is 1. The molecule has 1 aromatic heterocycles. The molecule has 0 aliphatic rings. The van der Waals surface area contributed by atoms with Crippen molar-refractivity contribution in [1.82, 2.24) is 15.0 Å². The highest BCUT2D eigenvalue weighted by molar-refractivity contribution is 7.89. The molecule has 0 fully saturated rings. The number of amides is 1. The number of rotatable bonds is 7. The monoisotopic (exact) mass is 395 g/mol. The van der Waals surface area contributed by atoms with Crippen molar-refractivity contribution in [3.05, 3.63) is 95.8 Å². The molecule has 0 saturated heterocycles. The van der Waals surface area contributed by atoms with E-state index in [1.807, 2.05) is 37.3 Å². The SMILES string of the molecule is CC(NC(=O)c1ccc(S(=O)(=O)NCc2cccnc2)cc1)c1ccccc1. The quantitative estimate of drug-likeness (QED) is 0.644. The summed E-state index contributed by atoms with van der Waals surface area (Å²) in [4.78, 5) is 16.5. The van der Waals surface area contributed by atoms with Crippen molar-refractivity contribution in [1.29, 1.82) is 0 Å². The molecule has 3 aromatic rings. The van der Waals surface area contributed by atoms with E-state index in [0.29, 0.717) is 5.56 Å². The van der Waals surface area contributed by atoms with E-state index in [9.17, 15) is 13.2 Å². The van der Waals surface area contributed by atoms with Crippen LogP contribution in [0.3, 0.4) is 0 Å². The van der Waals surface area contributed by atoms with Gasteiger partial charge in [0.05, 0.1) is 10.9 Å². The summed E-state index contributed by atoms with van der Waals surface area (Å²) in [5.41, 5.74) is 2.15. The molecule has 2 N–H and O–H groups in total. The van der Waals surface area contributed by atoms with E-state index >= 15 is 0 Å². The molecule has 144 valence electrons. The van der Waals surface area contributed by atoms with Gasteiger partial charge in [-0.05, 0) is 48.4 Å². The molecule has 0 radical (unpaired) electrons. The molecule has 1 atom stereocenters. The average Bonchev–Trinajstić information content (AvgIpc) is 2.74. The van der Waals surface area contributed by atoms with Crippen molar-refractivity contribution in [3.63, 3.8) is 0 Å². The van der Waals surface area contributed by atoms with Gasteiger partial charge in [-0.3, -0.25) is 9.78 Å². The van der Waals surface area contributed by atoms with Gasteiger partial charge in [0, 0.05) is 24.5 Å². The zero-order chi connectivity index (χ0) is 20.0. The lowest BCUT2D eigenvalue weighted by atomic mass is 10.1. The van der Waals surface area contributed by atoms with Crippen molar-refractivity contribution in [3.8, 4) is 0 Å². The molecule has 0 spiro atoms. The highest BCUT2D eigenvalue weighted by Crippen LogP contribution is 2.14. The predicted molar refractivity (Wildman–Crippen MR) is 107 cm³/mol. The van der Waals surface area contributed by atoms with Gasteiger partial charge in [0.2, 0.25) is 10.0 Å². The fraction of sp³-hybridized carbons (Fsp3) is 0.143. The van der Waals surface area contributed by atoms with Gasteiger partial charge >= 0.3 is 0 Å². The number of nitrogens with zero attached hydrogens (tertiary/aromatic N) is 1. The average molecular weight is 395 g/mol. The number of sulfonamides is 1. The predicted octanol–water partition coefficient (Wildman–Crippen LogP) is 3.05. The largest absolute Gasteiger partial charge is 0.346 e. The fourth-order valence-corrected chi connectivity index (χ4v) is 3.67. The van der Waals surface area contributed by atoms with Gasteiger partial charge in [-0.25, -0.2) is 13.1 Å². The van der Waals surface area contributed by atoms with Gasteiger partial charge in [0.1, 0.15) is 0 Å². The Hall–Kier alpha value is -3.03. The molecule has 1 unspecified atom stereocenters. The molecule has 6 nitrogen and oxygen atoms in total. The second-order valence-corrected chi connectivity index (χ2v) is 8.08. The first-order valence-corrected chi connectivity index (χ1v) is 10.3. The van der Waals surface area contributed by atoms with Crippen LogP contribution in [0.4, 0.5) is 0 Å². The Morgan fingerprint density at radius 2 is 1.71 bits per heavy atom. The maximum atomic E-state index is 12.4. The van der Waals surface area contributed by atoms with E-state index in [2.05, 4.69) is 15.0 Å². The second kappa shape index (κ2) is 8.77. The number of hydrogen-bond donors (Lipinski definition) is 2. The molecule has 0 saturated carbocycles. The van der Waals surface area contributed by atoms with Crippen molar-refractivity contribution < 1.29 is 13.2 Å². The van der Waals surface area contributed by atoms with Crippen LogP contribution >= 0.6 is 0 Å². The van der Waals surface area contributed by atoms with E-state index in [4.69, 9.17) is 0 Å². The number of hydrogen-bond acceptors (Lipinski definition) is 4. The summed E-state index contributed by atoms with van der Waals surface area (Å²) in [6, 6.07) is 18.9. The van der Waals surface area contributed by atoms with E-state index in [0.717, 1.165) is 11.1 Å². The highest BCUT2D eigenvalue weighted by Gasteiger charge is 2.16. The molecular weight excluding hydrogens is 374 g/mol. The van der Waals surface area contributed by atoms with Gasteiger partial charge < -0.3 is 5.32 Å². The third kappa shape index (κ3) is 5.03. The number of carbonyl (C=O) groups is 1. The molecule has 28 heavy (non-hydrogen) atoms. The number of aromatic nitrogens is 1. The highest BCUT2D eigenvalue weighted by atomic mass is 32.2. The summed E-state index contributed by atoms with van der Waals surface area (Å²) in [7, 11) is -3.68. The van der Waals surface area contributed by atoms with Crippen LogP contribution in [0.1, 0.15) is 34.5 Å². The first kappa shape index (κ1) is 19.7. The Balaban J connectivity index is 1.64. The molecule has 0 bridgehead atoms. The molecular formula is C21H21N3O3S. The Labute approximate surface area is 164 Å². The van der Waals surface area contributed by atoms with Crippen molar-refractivity contribution >= 4 is 15.9 Å². The van der Waals surface area contributed by atoms with Crippen LogP contribution in [0.15, 0.2) is 84.0 Å². The van der Waals surface area contributed by atoms with Crippen LogP contribution in [0.5, 0.6) is 0 Å². The van der Waals surface area contributed by atoms with E-state index < -0.39 is 10.0 Å². The molecule has 1 heterocycles. The van der Waals surface area contributed by atoms with Gasteiger partial charge in [-0.15, -0.1) is 0 Å². The molecule has 0 aliphatic heterocycles. The second-order valence-electron chi connectivity index (χ2n) is 6.32. The zero-order valence-electron chi connectivity index (χ0n) is 15.4. The maximum Gasteiger partial charge on any atom is 0.251 e. The zero-order valence-corrected chi connectivity index (χ0v) is 16.2. The van der Waals surface area contributed by atoms with Crippen molar-refractivity contribution in [2.75, 3.05) is 0 Å². The standard InChI is InChI=1S/C21H21N3O3S/c1-16(18-7-3-2-4-8-18)24-21(25)19-9-11-20(12-10-19)28(26,27)23-15-17-6-5-13-22-14-17/h2-14,16,23H,15H2,1H3,(H,24,25). The Kier molecular flexibility index (Phi) is 6.18. The summed E-state index contributed by atoms with van der Waals surface area (Å²) < 4.78 is 27.4. The fourth-order valence-electron chi connectivity index (χ4n) is 2.65. The summed E-state index contributed by atoms with van der Waals surface area (Å²) in [5.74, 6) is -0.261. The van der Waals surface area contributed by atoms with Crippen LogP contribution in [0.2, 0.25) is 0 Å². The van der Waals surface area contributed by atoms with Gasteiger partial charge in [0.15, 0.2) is 0 Å². The van der Waals surface area contributed by atoms with Crippen LogP contribution in [-0.4, -0.2) is 19.3 Å². The maximum absolute atomic E-state index is 12.4. The topological polar surface area (TPSA) is 88.2 Å². The summed E-state index contributed by atoms with van der Waals surface area (Å²) >= 11 is 0. The van der Waals surface area contributed by atoms with Crippen LogP contribution in [0.25, 0.3) is 0 Å². The third-order valence-corrected chi connectivity index (χ3v) is 5.68. The van der Waals surface area contributed by atoms with Crippen LogP contribution in [0, 0.1) is 0 Å². The van der Waals surface area contributed by atoms with Crippen molar-refractivity contribution in [2.24, 2.45) is 0 Å². The minimum Gasteiger partial charge on any atom is -0.346 e. The molecule has 3 rings (SSSR count). The Morgan fingerprint density at radius 1 is 1.00 bits per heavy atom. The van der Waals surface area contributed by atoms with E-state index in [1.54, 1.807) is 24.5 Å². The van der Waals surface area contributed by atoms with Crippen LogP contribution in [-0.2, 0) is 16.6 Å². The summed E-state index contributed by atoms with van der Waals surface area (Å²) in [6.07, 6.45) is 3.23. The van der Waals surface area contributed by atoms with Gasteiger partial charge in [-0.2, -0.15) is 0 Å².